The average molecular weight is 734 g/mol. The Bertz CT molecular complexity index is 2010. The van der Waals surface area contributed by atoms with Crippen LogP contribution < -0.4 is 0 Å². The van der Waals surface area contributed by atoms with Crippen LogP contribution >= 0.6 is 22.9 Å². The van der Waals surface area contributed by atoms with Crippen molar-refractivity contribution in [1.29, 1.82) is 5.26 Å². The number of hydrogen-bond acceptors (Lipinski definition) is 8. The molecule has 1 aliphatic rings. The van der Waals surface area contributed by atoms with Crippen molar-refractivity contribution in [2.45, 2.75) is 64.4 Å². The summed E-state index contributed by atoms with van der Waals surface area (Å²) >= 11 is 7.58. The third kappa shape index (κ3) is 9.11. The van der Waals surface area contributed by atoms with Crippen LogP contribution in [0.15, 0.2) is 107 Å². The highest BCUT2D eigenvalue weighted by atomic mass is 35.5. The molecule has 11 heteroatoms. The smallest absolute Gasteiger partial charge is 0.237 e. The lowest BCUT2D eigenvalue weighted by atomic mass is 9.93. The Balaban J connectivity index is 1.30. The van der Waals surface area contributed by atoms with E-state index in [4.69, 9.17) is 25.5 Å². The summed E-state index contributed by atoms with van der Waals surface area (Å²) in [5.74, 6) is 0.639. The molecule has 1 aliphatic heterocycles. The lowest BCUT2D eigenvalue weighted by Gasteiger charge is -2.48. The quantitative estimate of drug-likeness (QED) is 0.0994. The molecule has 3 heterocycles. The van der Waals surface area contributed by atoms with E-state index in [1.54, 1.807) is 6.07 Å². The Morgan fingerprint density at radius 2 is 1.69 bits per heavy atom. The second kappa shape index (κ2) is 15.5. The van der Waals surface area contributed by atoms with Crippen molar-refractivity contribution in [2.75, 3.05) is 13.1 Å². The molecule has 0 bridgehead atoms. The zero-order valence-corrected chi connectivity index (χ0v) is 32.0. The molecule has 3 aromatic carbocycles. The lowest BCUT2D eigenvalue weighted by molar-refractivity contribution is -0.148. The second-order valence-electron chi connectivity index (χ2n) is 14.2. The SMILES string of the molecule is CC(C)(C)[Si]OC(C)(C)[C@H]1CN(Cc2cc(-c3ccc(Cl)s3)on2)CC(=O)N1Cc1ccc(C#N)c(N=C(c2ccccc2)c2ccccc2)c1. The molecule has 1 amide bonds. The number of nitriles is 1. The number of carbonyl (C=O) groups is 1. The predicted octanol–water partition coefficient (Wildman–Crippen LogP) is 8.94. The second-order valence-corrected chi connectivity index (χ2v) is 17.8. The fourth-order valence-electron chi connectivity index (χ4n) is 5.98. The number of halogens is 1. The maximum atomic E-state index is 14.1. The van der Waals surface area contributed by atoms with Crippen LogP contribution in [-0.2, 0) is 22.3 Å². The zero-order chi connectivity index (χ0) is 36.2. The summed E-state index contributed by atoms with van der Waals surface area (Å²) in [6.07, 6.45) is 0. The van der Waals surface area contributed by atoms with Crippen molar-refractivity contribution in [2.24, 2.45) is 4.99 Å². The first kappa shape index (κ1) is 36.4. The number of nitrogens with zero attached hydrogens (tertiary/aromatic N) is 5. The summed E-state index contributed by atoms with van der Waals surface area (Å²) in [5.41, 5.74) is 4.63. The van der Waals surface area contributed by atoms with E-state index in [2.05, 4.69) is 50.7 Å². The maximum absolute atomic E-state index is 14.1. The topological polar surface area (TPSA) is 95.0 Å². The van der Waals surface area contributed by atoms with E-state index < -0.39 is 5.60 Å². The van der Waals surface area contributed by atoms with Gasteiger partial charge < -0.3 is 13.8 Å². The van der Waals surface area contributed by atoms with E-state index in [-0.39, 0.29) is 33.3 Å². The third-order valence-corrected chi connectivity index (χ3v) is 11.0. The van der Waals surface area contributed by atoms with Gasteiger partial charge in [0.2, 0.25) is 15.7 Å². The number of piperazine rings is 1. The minimum Gasteiger partial charge on any atom is -0.410 e. The number of hydrogen-bond donors (Lipinski definition) is 0. The number of rotatable bonds is 11. The van der Waals surface area contributed by atoms with E-state index in [0.717, 1.165) is 33.0 Å². The number of aliphatic imine (C=N–C) groups is 1. The van der Waals surface area contributed by atoms with Gasteiger partial charge in [-0.05, 0) is 48.7 Å². The van der Waals surface area contributed by atoms with Crippen molar-refractivity contribution in [3.05, 3.63) is 129 Å². The van der Waals surface area contributed by atoms with Crippen molar-refractivity contribution < 1.29 is 13.7 Å². The molecular formula is C40H40ClN5O3SSi. The van der Waals surface area contributed by atoms with Gasteiger partial charge in [-0.3, -0.25) is 9.69 Å². The fourth-order valence-corrected chi connectivity index (χ4v) is 7.67. The molecule has 260 valence electrons. The molecule has 0 saturated carbocycles. The number of aromatic nitrogens is 1. The highest BCUT2D eigenvalue weighted by Crippen LogP contribution is 2.34. The summed E-state index contributed by atoms with van der Waals surface area (Å²) in [4.78, 5) is 24.2. The highest BCUT2D eigenvalue weighted by Gasteiger charge is 2.43. The normalized spacial score (nSPS) is 15.5. The number of amides is 1. The van der Waals surface area contributed by atoms with Crippen LogP contribution in [0.25, 0.3) is 10.6 Å². The molecular weight excluding hydrogens is 694 g/mol. The molecule has 0 spiro atoms. The Labute approximate surface area is 311 Å². The van der Waals surface area contributed by atoms with Gasteiger partial charge in [0.25, 0.3) is 0 Å². The Hall–Kier alpha value is -4.37. The van der Waals surface area contributed by atoms with E-state index in [1.807, 2.05) is 95.9 Å². The van der Waals surface area contributed by atoms with Gasteiger partial charge in [-0.1, -0.05) is 104 Å². The molecule has 5 aromatic rings. The van der Waals surface area contributed by atoms with Crippen molar-refractivity contribution in [1.82, 2.24) is 15.0 Å². The summed E-state index contributed by atoms with van der Waals surface area (Å²) in [6.45, 7) is 12.2. The molecule has 6 rings (SSSR count). The molecule has 0 N–H and O–H groups in total. The summed E-state index contributed by atoms with van der Waals surface area (Å²) in [7, 11) is 0.240. The molecule has 1 saturated heterocycles. The lowest BCUT2D eigenvalue weighted by Crippen LogP contribution is -2.63. The van der Waals surface area contributed by atoms with E-state index in [1.165, 1.54) is 11.3 Å². The first-order valence-electron chi connectivity index (χ1n) is 16.8. The van der Waals surface area contributed by atoms with Crippen LogP contribution in [-0.4, -0.2) is 61.1 Å². The zero-order valence-electron chi connectivity index (χ0n) is 29.4. The highest BCUT2D eigenvalue weighted by molar-refractivity contribution is 7.19. The van der Waals surface area contributed by atoms with Crippen LogP contribution in [0.3, 0.4) is 0 Å². The van der Waals surface area contributed by atoms with Gasteiger partial charge in [-0.25, -0.2) is 4.99 Å². The van der Waals surface area contributed by atoms with Crippen LogP contribution in [0.4, 0.5) is 5.69 Å². The Morgan fingerprint density at radius 1 is 1.00 bits per heavy atom. The number of carbonyl (C=O) groups excluding carboxylic acids is 1. The number of thiophene rings is 1. The molecule has 2 aromatic heterocycles. The number of benzene rings is 3. The largest absolute Gasteiger partial charge is 0.410 e. The van der Waals surface area contributed by atoms with Gasteiger partial charge in [0.1, 0.15) is 6.07 Å². The van der Waals surface area contributed by atoms with Crippen LogP contribution in [0.5, 0.6) is 0 Å². The molecule has 1 atom stereocenters. The first-order chi connectivity index (χ1) is 24.4. The molecule has 0 unspecified atom stereocenters. The first-order valence-corrected chi connectivity index (χ1v) is 18.9. The van der Waals surface area contributed by atoms with Gasteiger partial charge in [0.05, 0.1) is 50.1 Å². The maximum Gasteiger partial charge on any atom is 0.237 e. The van der Waals surface area contributed by atoms with E-state index in [0.29, 0.717) is 41.0 Å². The molecule has 8 nitrogen and oxygen atoms in total. The Kier molecular flexibility index (Phi) is 11.1. The van der Waals surface area contributed by atoms with Crippen molar-refractivity contribution in [3.63, 3.8) is 0 Å². The molecule has 0 aliphatic carbocycles. The molecule has 51 heavy (non-hydrogen) atoms. The van der Waals surface area contributed by atoms with Gasteiger partial charge in [0.15, 0.2) is 5.76 Å². The van der Waals surface area contributed by atoms with Crippen LogP contribution in [0, 0.1) is 11.3 Å². The summed E-state index contributed by atoms with van der Waals surface area (Å²) in [5, 5.41) is 14.4. The monoisotopic (exact) mass is 733 g/mol. The van der Waals surface area contributed by atoms with Gasteiger partial charge in [-0.15, -0.1) is 11.3 Å². The minimum absolute atomic E-state index is 0.0144. The van der Waals surface area contributed by atoms with Crippen LogP contribution in [0.1, 0.15) is 62.6 Å². The summed E-state index contributed by atoms with van der Waals surface area (Å²) in [6, 6.07) is 33.3. The molecule has 2 radical (unpaired) electrons. The summed E-state index contributed by atoms with van der Waals surface area (Å²) < 4.78 is 12.9. The van der Waals surface area contributed by atoms with Crippen molar-refractivity contribution in [3.8, 4) is 16.7 Å². The van der Waals surface area contributed by atoms with Gasteiger partial charge in [-0.2, -0.15) is 5.26 Å². The average Bonchev–Trinajstić information content (AvgIpc) is 3.76. The van der Waals surface area contributed by atoms with Gasteiger partial charge in [0, 0.05) is 36.8 Å². The fraction of sp³-hybridized carbons (Fsp3) is 0.300. The third-order valence-electron chi connectivity index (χ3n) is 8.53. The van der Waals surface area contributed by atoms with Gasteiger partial charge >= 0.3 is 0 Å². The standard InChI is InChI=1S/C40H40ClN5O3SSi/c1-39(2,3)51-49-40(4,5)35-25-45(24-31-21-33(48-44-31)34-18-19-36(41)50-34)26-37(47)46(35)23-27-16-17-30(22-42)32(20-27)43-38(28-12-8-6-9-13-28)29-14-10-7-11-15-29/h6-21,35H,23-26H2,1-5H3/t35-/m1/s1. The Morgan fingerprint density at radius 3 is 2.29 bits per heavy atom. The van der Waals surface area contributed by atoms with Crippen molar-refractivity contribution >= 4 is 50.0 Å². The van der Waals surface area contributed by atoms with Crippen LogP contribution in [0.2, 0.25) is 9.37 Å². The molecule has 1 fully saturated rings. The predicted molar refractivity (Wildman–Crippen MR) is 204 cm³/mol. The minimum atomic E-state index is -0.663. The van der Waals surface area contributed by atoms with E-state index >= 15 is 0 Å². The van der Waals surface area contributed by atoms with E-state index in [9.17, 15) is 10.1 Å².